The lowest BCUT2D eigenvalue weighted by molar-refractivity contribution is 0.898. The second-order valence-corrected chi connectivity index (χ2v) is 2.83. The third-order valence-electron chi connectivity index (χ3n) is 1.39. The van der Waals surface area contributed by atoms with E-state index in [9.17, 15) is 0 Å². The SMILES string of the molecule is CC(C)Nc1ccncc1C#N. The van der Waals surface area contributed by atoms with Gasteiger partial charge in [-0.25, -0.2) is 0 Å². The molecule has 0 atom stereocenters. The van der Waals surface area contributed by atoms with E-state index in [2.05, 4.69) is 16.4 Å². The summed E-state index contributed by atoms with van der Waals surface area (Å²) >= 11 is 0. The van der Waals surface area contributed by atoms with E-state index in [1.807, 2.05) is 13.8 Å². The molecule has 0 saturated heterocycles. The number of nitrogens with one attached hydrogen (secondary N) is 1. The molecule has 0 aromatic carbocycles. The van der Waals surface area contributed by atoms with Crippen molar-refractivity contribution in [2.75, 3.05) is 5.32 Å². The Morgan fingerprint density at radius 3 is 2.92 bits per heavy atom. The Balaban J connectivity index is 2.91. The number of hydrogen-bond acceptors (Lipinski definition) is 3. The van der Waals surface area contributed by atoms with Gasteiger partial charge in [-0.15, -0.1) is 0 Å². The maximum atomic E-state index is 8.70. The summed E-state index contributed by atoms with van der Waals surface area (Å²) in [4.78, 5) is 3.86. The molecule has 0 fully saturated rings. The first kappa shape index (κ1) is 8.54. The van der Waals surface area contributed by atoms with Crippen molar-refractivity contribution in [1.29, 1.82) is 5.26 Å². The molecule has 0 saturated carbocycles. The molecule has 3 heteroatoms. The van der Waals surface area contributed by atoms with Gasteiger partial charge in [-0.05, 0) is 19.9 Å². The van der Waals surface area contributed by atoms with Crippen LogP contribution in [0, 0.1) is 11.3 Å². The summed E-state index contributed by atoms with van der Waals surface area (Å²) in [6.07, 6.45) is 3.23. The van der Waals surface area contributed by atoms with Crippen LogP contribution in [-0.2, 0) is 0 Å². The maximum Gasteiger partial charge on any atom is 0.103 e. The number of rotatable bonds is 2. The van der Waals surface area contributed by atoms with Gasteiger partial charge in [0.2, 0.25) is 0 Å². The molecule has 1 aromatic rings. The fourth-order valence-electron chi connectivity index (χ4n) is 0.920. The van der Waals surface area contributed by atoms with Gasteiger partial charge in [0.25, 0.3) is 0 Å². The largest absolute Gasteiger partial charge is 0.382 e. The summed E-state index contributed by atoms with van der Waals surface area (Å²) in [5.74, 6) is 0. The Hall–Kier alpha value is -1.56. The highest BCUT2D eigenvalue weighted by molar-refractivity contribution is 5.55. The van der Waals surface area contributed by atoms with Crippen LogP contribution in [0.4, 0.5) is 5.69 Å². The zero-order chi connectivity index (χ0) is 8.97. The normalized spacial score (nSPS) is 9.50. The number of aromatic nitrogens is 1. The van der Waals surface area contributed by atoms with Crippen LogP contribution in [0.5, 0.6) is 0 Å². The molecule has 1 N–H and O–H groups in total. The number of nitriles is 1. The summed E-state index contributed by atoms with van der Waals surface area (Å²) < 4.78 is 0. The fourth-order valence-corrected chi connectivity index (χ4v) is 0.920. The Morgan fingerprint density at radius 2 is 2.33 bits per heavy atom. The highest BCUT2D eigenvalue weighted by Gasteiger charge is 2.00. The number of pyridine rings is 1. The zero-order valence-electron chi connectivity index (χ0n) is 7.20. The molecule has 0 spiro atoms. The zero-order valence-corrected chi connectivity index (χ0v) is 7.20. The van der Waals surface area contributed by atoms with Gasteiger partial charge in [0.15, 0.2) is 0 Å². The molecule has 1 aromatic heterocycles. The van der Waals surface area contributed by atoms with Gasteiger partial charge in [-0.1, -0.05) is 0 Å². The van der Waals surface area contributed by atoms with E-state index < -0.39 is 0 Å². The molecule has 0 unspecified atom stereocenters. The van der Waals surface area contributed by atoms with Crippen molar-refractivity contribution < 1.29 is 0 Å². The summed E-state index contributed by atoms with van der Waals surface area (Å²) in [5, 5.41) is 11.9. The van der Waals surface area contributed by atoms with Crippen LogP contribution in [-0.4, -0.2) is 11.0 Å². The fraction of sp³-hybridized carbons (Fsp3) is 0.333. The Bertz CT molecular complexity index is 299. The van der Waals surface area contributed by atoms with Gasteiger partial charge < -0.3 is 5.32 Å². The lowest BCUT2D eigenvalue weighted by Crippen LogP contribution is -2.10. The van der Waals surface area contributed by atoms with Gasteiger partial charge in [-0.3, -0.25) is 4.98 Å². The highest BCUT2D eigenvalue weighted by Crippen LogP contribution is 2.12. The maximum absolute atomic E-state index is 8.70. The summed E-state index contributed by atoms with van der Waals surface area (Å²) in [6, 6.07) is 4.21. The Kier molecular flexibility index (Phi) is 2.65. The molecule has 1 rings (SSSR count). The molecule has 0 bridgehead atoms. The molecule has 12 heavy (non-hydrogen) atoms. The molecule has 62 valence electrons. The second kappa shape index (κ2) is 3.72. The van der Waals surface area contributed by atoms with Crippen LogP contribution in [0.3, 0.4) is 0 Å². The lowest BCUT2D eigenvalue weighted by Gasteiger charge is -2.10. The monoisotopic (exact) mass is 161 g/mol. The van der Waals surface area contributed by atoms with Gasteiger partial charge in [-0.2, -0.15) is 5.26 Å². The number of anilines is 1. The van der Waals surface area contributed by atoms with E-state index in [1.54, 1.807) is 18.5 Å². The van der Waals surface area contributed by atoms with Crippen molar-refractivity contribution in [3.05, 3.63) is 24.0 Å². The first-order valence-electron chi connectivity index (χ1n) is 3.84. The van der Waals surface area contributed by atoms with E-state index in [0.29, 0.717) is 11.6 Å². The average molecular weight is 161 g/mol. The van der Waals surface area contributed by atoms with Crippen LogP contribution < -0.4 is 5.32 Å². The van der Waals surface area contributed by atoms with E-state index >= 15 is 0 Å². The molecule has 0 aliphatic carbocycles. The molecule has 0 amide bonds. The minimum absolute atomic E-state index is 0.333. The number of hydrogen-bond donors (Lipinski definition) is 1. The van der Waals surface area contributed by atoms with E-state index in [1.165, 1.54) is 0 Å². The molecular weight excluding hydrogens is 150 g/mol. The first-order valence-corrected chi connectivity index (χ1v) is 3.84. The van der Waals surface area contributed by atoms with E-state index in [-0.39, 0.29) is 0 Å². The lowest BCUT2D eigenvalue weighted by atomic mass is 10.2. The third kappa shape index (κ3) is 1.96. The Labute approximate surface area is 72.1 Å². The van der Waals surface area contributed by atoms with Crippen molar-refractivity contribution in [3.63, 3.8) is 0 Å². The van der Waals surface area contributed by atoms with Gasteiger partial charge in [0, 0.05) is 18.4 Å². The van der Waals surface area contributed by atoms with Crippen LogP contribution in [0.2, 0.25) is 0 Å². The molecule has 3 nitrogen and oxygen atoms in total. The first-order chi connectivity index (χ1) is 5.74. The quantitative estimate of drug-likeness (QED) is 0.719. The smallest absolute Gasteiger partial charge is 0.103 e. The van der Waals surface area contributed by atoms with Crippen molar-refractivity contribution in [2.24, 2.45) is 0 Å². The van der Waals surface area contributed by atoms with Crippen LogP contribution in [0.15, 0.2) is 18.5 Å². The summed E-state index contributed by atoms with van der Waals surface area (Å²) in [5.41, 5.74) is 1.44. The van der Waals surface area contributed by atoms with Crippen molar-refractivity contribution in [1.82, 2.24) is 4.98 Å². The minimum atomic E-state index is 0.333. The van der Waals surface area contributed by atoms with E-state index in [4.69, 9.17) is 5.26 Å². The summed E-state index contributed by atoms with van der Waals surface area (Å²) in [7, 11) is 0. The van der Waals surface area contributed by atoms with Crippen molar-refractivity contribution in [3.8, 4) is 6.07 Å². The molecule has 1 heterocycles. The predicted octanol–water partition coefficient (Wildman–Crippen LogP) is 1.77. The standard InChI is InChI=1S/C9H11N3/c1-7(2)12-9-3-4-11-6-8(9)5-10/h3-4,6-7H,1-2H3,(H,11,12). The highest BCUT2D eigenvalue weighted by atomic mass is 14.9. The third-order valence-corrected chi connectivity index (χ3v) is 1.39. The summed E-state index contributed by atoms with van der Waals surface area (Å²) in [6.45, 7) is 4.06. The number of nitrogens with zero attached hydrogens (tertiary/aromatic N) is 2. The van der Waals surface area contributed by atoms with Crippen LogP contribution in [0.25, 0.3) is 0 Å². The molecule has 0 aliphatic heterocycles. The van der Waals surface area contributed by atoms with Gasteiger partial charge in [0.05, 0.1) is 11.3 Å². The molecule has 0 aliphatic rings. The average Bonchev–Trinajstić information content (AvgIpc) is 2.04. The van der Waals surface area contributed by atoms with E-state index in [0.717, 1.165) is 5.69 Å². The van der Waals surface area contributed by atoms with Crippen molar-refractivity contribution in [2.45, 2.75) is 19.9 Å². The van der Waals surface area contributed by atoms with Crippen molar-refractivity contribution >= 4 is 5.69 Å². The van der Waals surface area contributed by atoms with Crippen LogP contribution >= 0.6 is 0 Å². The van der Waals surface area contributed by atoms with Gasteiger partial charge >= 0.3 is 0 Å². The minimum Gasteiger partial charge on any atom is -0.382 e. The Morgan fingerprint density at radius 1 is 1.58 bits per heavy atom. The molecule has 0 radical (unpaired) electrons. The topological polar surface area (TPSA) is 48.7 Å². The molecular formula is C9H11N3. The van der Waals surface area contributed by atoms with Gasteiger partial charge in [0.1, 0.15) is 6.07 Å². The predicted molar refractivity (Wildman–Crippen MR) is 47.7 cm³/mol. The second-order valence-electron chi connectivity index (χ2n) is 2.83. The van der Waals surface area contributed by atoms with Crippen LogP contribution in [0.1, 0.15) is 19.4 Å².